The lowest BCUT2D eigenvalue weighted by molar-refractivity contribution is -0.137. The highest BCUT2D eigenvalue weighted by Gasteiger charge is 2.14. The second-order valence-corrected chi connectivity index (χ2v) is 9.73. The molecule has 0 amide bonds. The van der Waals surface area contributed by atoms with E-state index in [0.29, 0.717) is 31.7 Å². The predicted molar refractivity (Wildman–Crippen MR) is 157 cm³/mol. The average Bonchev–Trinajstić information content (AvgIpc) is 3.28. The van der Waals surface area contributed by atoms with Crippen LogP contribution in [-0.4, -0.2) is 39.9 Å². The molecule has 0 saturated carbocycles. The first kappa shape index (κ1) is 28.5. The average molecular weight is 542 g/mol. The predicted octanol–water partition coefficient (Wildman–Crippen LogP) is 6.85. The fraction of sp³-hybridized carbons (Fsp3) is 0.273. The summed E-state index contributed by atoms with van der Waals surface area (Å²) < 4.78 is 13.7. The molecule has 0 radical (unpaired) electrons. The van der Waals surface area contributed by atoms with Crippen molar-refractivity contribution in [3.8, 4) is 11.5 Å². The quantitative estimate of drug-likeness (QED) is 0.126. The van der Waals surface area contributed by atoms with Crippen LogP contribution in [0.15, 0.2) is 72.9 Å². The Morgan fingerprint density at radius 1 is 0.825 bits per heavy atom. The Morgan fingerprint density at radius 3 is 2.30 bits per heavy atom. The molecule has 0 atom stereocenters. The van der Waals surface area contributed by atoms with E-state index in [1.807, 2.05) is 96.6 Å². The zero-order valence-corrected chi connectivity index (χ0v) is 22.7. The minimum atomic E-state index is -0.905. The third-order valence-corrected chi connectivity index (χ3v) is 6.64. The number of aromatic nitrogens is 1. The molecule has 0 spiro atoms. The normalized spacial score (nSPS) is 11.2. The Hall–Kier alpha value is -4.52. The van der Waals surface area contributed by atoms with Crippen LogP contribution < -0.4 is 9.47 Å². The largest absolute Gasteiger partial charge is 0.494 e. The summed E-state index contributed by atoms with van der Waals surface area (Å²) in [5.41, 5.74) is 4.66. The van der Waals surface area contributed by atoms with Crippen molar-refractivity contribution in [1.29, 1.82) is 0 Å². The molecule has 1 heterocycles. The minimum Gasteiger partial charge on any atom is -0.494 e. The number of ether oxygens (including phenoxy) is 2. The molecule has 0 aliphatic rings. The smallest absolute Gasteiger partial charge is 0.307 e. The number of benzene rings is 3. The molecule has 0 bridgehead atoms. The highest BCUT2D eigenvalue weighted by molar-refractivity contribution is 5.96. The van der Waals surface area contributed by atoms with Gasteiger partial charge in [-0.25, -0.2) is 0 Å². The van der Waals surface area contributed by atoms with Crippen molar-refractivity contribution in [1.82, 2.24) is 4.57 Å². The summed E-state index contributed by atoms with van der Waals surface area (Å²) in [6.07, 6.45) is 8.05. The van der Waals surface area contributed by atoms with E-state index in [-0.39, 0.29) is 12.8 Å². The number of fused-ring (bicyclic) bond motifs is 1. The lowest BCUT2D eigenvalue weighted by Gasteiger charge is -2.09. The van der Waals surface area contributed by atoms with Gasteiger partial charge in [0.05, 0.1) is 19.6 Å². The third kappa shape index (κ3) is 7.99. The van der Waals surface area contributed by atoms with Crippen molar-refractivity contribution in [3.05, 3.63) is 95.2 Å². The minimum absolute atomic E-state index is 0.0651. The SMILES string of the molecule is Cc1ccccc1OCCCCOc1ccc(C=Cc2cccc3c2c(CC(=O)O)cn3CCCC(=O)O)cc1. The zero-order chi connectivity index (χ0) is 28.3. The number of para-hydroxylation sites is 1. The van der Waals surface area contributed by atoms with Gasteiger partial charge in [-0.05, 0) is 72.7 Å². The number of hydrogen-bond donors (Lipinski definition) is 2. The van der Waals surface area contributed by atoms with E-state index < -0.39 is 11.9 Å². The Kier molecular flexibility index (Phi) is 9.99. The molecule has 0 fully saturated rings. The highest BCUT2D eigenvalue weighted by atomic mass is 16.5. The molecule has 0 aliphatic heterocycles. The van der Waals surface area contributed by atoms with Gasteiger partial charge in [0.25, 0.3) is 0 Å². The molecule has 0 aliphatic carbocycles. The van der Waals surface area contributed by atoms with Gasteiger partial charge >= 0.3 is 11.9 Å². The maximum Gasteiger partial charge on any atom is 0.307 e. The second kappa shape index (κ2) is 14.0. The van der Waals surface area contributed by atoms with Gasteiger partial charge in [-0.2, -0.15) is 0 Å². The number of aliphatic carboxylic acids is 2. The van der Waals surface area contributed by atoms with E-state index in [4.69, 9.17) is 14.6 Å². The Morgan fingerprint density at radius 2 is 1.57 bits per heavy atom. The standard InChI is InChI=1S/C33H35NO6/c1-24-8-2-3-11-30(24)40-21-5-4-20-39-28-17-14-25(15-18-28)13-16-26-9-6-10-29-33(26)27(22-32(37)38)23-34(29)19-7-12-31(35)36/h2-3,6,8-11,13-18,23H,4-5,7,12,19-22H2,1H3,(H,35,36)(H,37,38). The first-order valence-electron chi connectivity index (χ1n) is 13.5. The molecule has 1 aromatic heterocycles. The van der Waals surface area contributed by atoms with Crippen LogP contribution in [0.5, 0.6) is 11.5 Å². The number of carboxylic acid groups (broad SMARTS) is 2. The zero-order valence-electron chi connectivity index (χ0n) is 22.7. The topological polar surface area (TPSA) is 98.0 Å². The van der Waals surface area contributed by atoms with Gasteiger partial charge in [-0.3, -0.25) is 9.59 Å². The summed E-state index contributed by atoms with van der Waals surface area (Å²) in [7, 11) is 0. The Balaban J connectivity index is 1.35. The molecule has 2 N–H and O–H groups in total. The number of unbranched alkanes of at least 4 members (excludes halogenated alkanes) is 1. The maximum absolute atomic E-state index is 11.5. The molecule has 3 aromatic carbocycles. The molecule has 208 valence electrons. The Labute approximate surface area is 234 Å². The van der Waals surface area contributed by atoms with Gasteiger partial charge in [0.2, 0.25) is 0 Å². The van der Waals surface area contributed by atoms with E-state index in [2.05, 4.69) is 0 Å². The fourth-order valence-electron chi connectivity index (χ4n) is 4.65. The third-order valence-electron chi connectivity index (χ3n) is 6.64. The molecule has 4 rings (SSSR count). The molecule has 0 unspecified atom stereocenters. The van der Waals surface area contributed by atoms with Gasteiger partial charge in [0.1, 0.15) is 11.5 Å². The van der Waals surface area contributed by atoms with Gasteiger partial charge < -0.3 is 24.3 Å². The molecule has 40 heavy (non-hydrogen) atoms. The molecular formula is C33H35NO6. The fourth-order valence-corrected chi connectivity index (χ4v) is 4.65. The monoisotopic (exact) mass is 541 g/mol. The first-order valence-corrected chi connectivity index (χ1v) is 13.5. The summed E-state index contributed by atoms with van der Waals surface area (Å²) in [6, 6.07) is 21.7. The van der Waals surface area contributed by atoms with Crippen LogP contribution in [0.25, 0.3) is 23.1 Å². The lowest BCUT2D eigenvalue weighted by atomic mass is 10.0. The molecule has 7 nitrogen and oxygen atoms in total. The van der Waals surface area contributed by atoms with Crippen LogP contribution in [0.1, 0.15) is 47.9 Å². The van der Waals surface area contributed by atoms with Gasteiger partial charge in [-0.1, -0.05) is 54.6 Å². The van der Waals surface area contributed by atoms with Crippen LogP contribution in [-0.2, 0) is 22.6 Å². The van der Waals surface area contributed by atoms with Crippen molar-refractivity contribution in [2.75, 3.05) is 13.2 Å². The summed E-state index contributed by atoms with van der Waals surface area (Å²) in [4.78, 5) is 22.5. The molecule has 7 heteroatoms. The Bertz CT molecular complexity index is 1470. The van der Waals surface area contributed by atoms with Crippen molar-refractivity contribution >= 4 is 35.0 Å². The number of carboxylic acids is 2. The van der Waals surface area contributed by atoms with E-state index in [1.54, 1.807) is 0 Å². The number of nitrogens with zero attached hydrogens (tertiary/aromatic N) is 1. The van der Waals surface area contributed by atoms with Gasteiger partial charge in [0.15, 0.2) is 0 Å². The van der Waals surface area contributed by atoms with Crippen LogP contribution in [0, 0.1) is 6.92 Å². The first-order chi connectivity index (χ1) is 19.4. The van der Waals surface area contributed by atoms with Crippen molar-refractivity contribution < 1.29 is 29.3 Å². The number of hydrogen-bond acceptors (Lipinski definition) is 4. The summed E-state index contributed by atoms with van der Waals surface area (Å²) in [6.45, 7) is 3.82. The summed E-state index contributed by atoms with van der Waals surface area (Å²) in [5.74, 6) is -0.0143. The van der Waals surface area contributed by atoms with Crippen LogP contribution in [0.2, 0.25) is 0 Å². The van der Waals surface area contributed by atoms with Crippen LogP contribution >= 0.6 is 0 Å². The second-order valence-electron chi connectivity index (χ2n) is 9.73. The van der Waals surface area contributed by atoms with Crippen molar-refractivity contribution in [2.45, 2.75) is 45.6 Å². The van der Waals surface area contributed by atoms with Gasteiger partial charge in [-0.15, -0.1) is 0 Å². The number of aryl methyl sites for hydroxylation is 2. The van der Waals surface area contributed by atoms with E-state index in [1.165, 1.54) is 0 Å². The summed E-state index contributed by atoms with van der Waals surface area (Å²) in [5, 5.41) is 19.3. The number of rotatable bonds is 15. The summed E-state index contributed by atoms with van der Waals surface area (Å²) >= 11 is 0. The molecule has 0 saturated heterocycles. The van der Waals surface area contributed by atoms with E-state index >= 15 is 0 Å². The number of carbonyl (C=O) groups is 2. The van der Waals surface area contributed by atoms with Crippen molar-refractivity contribution in [2.24, 2.45) is 0 Å². The molecule has 4 aromatic rings. The van der Waals surface area contributed by atoms with E-state index in [9.17, 15) is 14.7 Å². The van der Waals surface area contributed by atoms with Gasteiger partial charge in [0, 0.05) is 30.1 Å². The van der Waals surface area contributed by atoms with Crippen LogP contribution in [0.4, 0.5) is 0 Å². The van der Waals surface area contributed by atoms with Crippen molar-refractivity contribution in [3.63, 3.8) is 0 Å². The lowest BCUT2D eigenvalue weighted by Crippen LogP contribution is -2.03. The van der Waals surface area contributed by atoms with Crippen LogP contribution in [0.3, 0.4) is 0 Å². The maximum atomic E-state index is 11.5. The molecular weight excluding hydrogens is 506 g/mol. The van der Waals surface area contributed by atoms with E-state index in [0.717, 1.165) is 51.9 Å². The highest BCUT2D eigenvalue weighted by Crippen LogP contribution is 2.28.